The molecule has 25 nitrogen and oxygen atoms in total. The van der Waals surface area contributed by atoms with Gasteiger partial charge in [-0.1, -0.05) is 6.92 Å². The van der Waals surface area contributed by atoms with Crippen molar-refractivity contribution < 1.29 is 92.9 Å². The largest absolute Gasteiger partial charge is 0.481 e. The number of ether oxygens (including phenoxy) is 1. The minimum Gasteiger partial charge on any atom is -0.481 e. The quantitative estimate of drug-likeness (QED) is 0.0881. The van der Waals surface area contributed by atoms with E-state index in [2.05, 4.69) is 38.8 Å². The molecule has 7 aliphatic carbocycles. The van der Waals surface area contributed by atoms with Gasteiger partial charge in [0.05, 0.1) is 83.2 Å². The second-order valence-corrected chi connectivity index (χ2v) is 24.5. The first-order valence-electron chi connectivity index (χ1n) is 29.2. The Morgan fingerprint density at radius 1 is 0.296 bits per heavy atom. The molecule has 7 aliphatic rings. The summed E-state index contributed by atoms with van der Waals surface area (Å²) in [5.41, 5.74) is 0. The maximum absolute atomic E-state index is 14.1. The number of aliphatic carboxylic acids is 6. The zero-order valence-electron chi connectivity index (χ0n) is 46.1. The molecule has 7 rings (SSSR count). The van der Waals surface area contributed by atoms with Gasteiger partial charge in [-0.05, 0) is 147 Å². The minimum absolute atomic E-state index is 0.140. The fourth-order valence-corrected chi connectivity index (χ4v) is 14.5. The molecule has 7 saturated carbocycles. The van der Waals surface area contributed by atoms with Crippen LogP contribution in [0.5, 0.6) is 0 Å². The zero-order chi connectivity index (χ0) is 59.0. The van der Waals surface area contributed by atoms with Gasteiger partial charge in [0.15, 0.2) is 0 Å². The monoisotopic (exact) mass is 1140 g/mol. The van der Waals surface area contributed by atoms with E-state index >= 15 is 0 Å². The van der Waals surface area contributed by atoms with Crippen LogP contribution in [0.1, 0.15) is 148 Å². The molecule has 0 aromatic heterocycles. The summed E-state index contributed by atoms with van der Waals surface area (Å²) in [4.78, 5) is 156. The predicted molar refractivity (Wildman–Crippen MR) is 281 cm³/mol. The second-order valence-electron chi connectivity index (χ2n) is 24.5. The molecule has 6 amide bonds. The first kappa shape index (κ1) is 62.2. The number of amides is 6. The highest BCUT2D eigenvalue weighted by molar-refractivity contribution is 5.93. The molecular weight excluding hydrogens is 1060 g/mol. The molecule has 0 saturated heterocycles. The lowest BCUT2D eigenvalue weighted by molar-refractivity contribution is -0.160. The standard InChI is InChI=1S/C56H82N6O19/c1-25-6-8-26(9-7-25)58-47(65)35-20-37(43(55(77)78)23-41(35)53(73)74)49(67)61-29-4-3-5-30(18-29)62-50(68)38-21-36(42(54(75)76)24-44(38)56(79)80)48(66)60-28-12-16-32(17-13-28)81-31-14-10-27(11-15-31)59-46(64)34-19-33(45(63)57-2)39(51(69)70)22-40(34)52(71)72/h25-44H,3-24H2,1-2H3,(H,57,63)(H,58,65)(H,59,64)(H,60,66)(H,61,67)(H,62,68)(H,69,70)(H,71,72)(H,73,74)(H,75,76)(H,77,78)(H,79,80). The molecule has 14 unspecified atom stereocenters. The van der Waals surface area contributed by atoms with Gasteiger partial charge in [0.2, 0.25) is 35.4 Å². The lowest BCUT2D eigenvalue weighted by Gasteiger charge is -2.40. The van der Waals surface area contributed by atoms with Gasteiger partial charge in [0.1, 0.15) is 0 Å². The van der Waals surface area contributed by atoms with E-state index in [0.29, 0.717) is 76.5 Å². The van der Waals surface area contributed by atoms with Crippen molar-refractivity contribution >= 4 is 71.3 Å². The lowest BCUT2D eigenvalue weighted by atomic mass is 9.67. The van der Waals surface area contributed by atoms with Gasteiger partial charge in [-0.2, -0.15) is 0 Å². The molecule has 0 radical (unpaired) electrons. The van der Waals surface area contributed by atoms with Crippen molar-refractivity contribution in [2.24, 2.45) is 76.9 Å². The van der Waals surface area contributed by atoms with Crippen LogP contribution in [0.3, 0.4) is 0 Å². The number of carboxylic acids is 6. The number of carboxylic acid groups (broad SMARTS) is 6. The van der Waals surface area contributed by atoms with Crippen LogP contribution in [0.15, 0.2) is 0 Å². The first-order chi connectivity index (χ1) is 38.4. The summed E-state index contributed by atoms with van der Waals surface area (Å²) in [6, 6.07) is -1.94. The van der Waals surface area contributed by atoms with E-state index in [1.165, 1.54) is 7.05 Å². The highest BCUT2D eigenvalue weighted by Gasteiger charge is 2.53. The van der Waals surface area contributed by atoms with Gasteiger partial charge in [0, 0.05) is 37.3 Å². The first-order valence-corrected chi connectivity index (χ1v) is 29.2. The molecule has 0 aromatic rings. The zero-order valence-corrected chi connectivity index (χ0v) is 46.1. The van der Waals surface area contributed by atoms with Gasteiger partial charge in [-0.3, -0.25) is 57.5 Å². The highest BCUT2D eigenvalue weighted by atomic mass is 16.5. The average Bonchev–Trinajstić information content (AvgIpc) is 3.46. The Morgan fingerprint density at radius 2 is 0.531 bits per heavy atom. The molecule has 12 N–H and O–H groups in total. The molecule has 0 spiro atoms. The summed E-state index contributed by atoms with van der Waals surface area (Å²) in [5.74, 6) is -26.1. The van der Waals surface area contributed by atoms with Crippen molar-refractivity contribution in [3.63, 3.8) is 0 Å². The SMILES string of the molecule is CNC(=O)C1CC(C(=O)NC2CCC(OC3CCC(NC(=O)C4CC(C(=O)NC5CCCC(NC(=O)C6CC(C(=O)NC7CCC(C)CC7)C(C(=O)O)CC6C(=O)O)C5)C(C(=O)O)CC4C(=O)O)CC3)CC2)C(C(=O)O)CC1C(=O)O. The molecule has 0 aromatic carbocycles. The van der Waals surface area contributed by atoms with E-state index in [1.807, 2.05) is 0 Å². The van der Waals surface area contributed by atoms with Crippen molar-refractivity contribution in [2.75, 3.05) is 7.05 Å². The minimum atomic E-state index is -1.42. The van der Waals surface area contributed by atoms with E-state index in [9.17, 15) is 88.2 Å². The Bertz CT molecular complexity index is 2380. The van der Waals surface area contributed by atoms with E-state index in [0.717, 1.165) is 25.7 Å². The van der Waals surface area contributed by atoms with Gasteiger partial charge in [0.25, 0.3) is 0 Å². The van der Waals surface area contributed by atoms with Crippen molar-refractivity contribution in [1.82, 2.24) is 31.9 Å². The van der Waals surface area contributed by atoms with Crippen LogP contribution in [0.4, 0.5) is 0 Å². The van der Waals surface area contributed by atoms with Crippen LogP contribution in [0, 0.1) is 76.9 Å². The van der Waals surface area contributed by atoms with Crippen LogP contribution in [-0.2, 0) is 62.3 Å². The summed E-state index contributed by atoms with van der Waals surface area (Å²) >= 11 is 0. The normalized spacial score (nSPS) is 37.1. The third kappa shape index (κ3) is 15.6. The van der Waals surface area contributed by atoms with Crippen LogP contribution in [0.2, 0.25) is 0 Å². The third-order valence-electron chi connectivity index (χ3n) is 19.3. The summed E-state index contributed by atoms with van der Waals surface area (Å²) in [7, 11) is 1.35. The molecule has 81 heavy (non-hydrogen) atoms. The Kier molecular flexibility index (Phi) is 21.2. The van der Waals surface area contributed by atoms with Gasteiger partial charge < -0.3 is 67.3 Å². The maximum Gasteiger partial charge on any atom is 0.307 e. The summed E-state index contributed by atoms with van der Waals surface area (Å²) in [6.45, 7) is 2.12. The van der Waals surface area contributed by atoms with Crippen LogP contribution >= 0.6 is 0 Å². The fourth-order valence-electron chi connectivity index (χ4n) is 14.5. The molecule has 7 fully saturated rings. The fraction of sp³-hybridized carbons (Fsp3) is 0.786. The number of carbonyl (C=O) groups excluding carboxylic acids is 6. The molecule has 0 heterocycles. The molecular formula is C56H82N6O19. The van der Waals surface area contributed by atoms with E-state index < -0.39 is 167 Å². The van der Waals surface area contributed by atoms with Crippen LogP contribution in [0.25, 0.3) is 0 Å². The maximum atomic E-state index is 14.1. The Labute approximate surface area is 469 Å². The van der Waals surface area contributed by atoms with Crippen LogP contribution in [-0.4, -0.2) is 151 Å². The smallest absolute Gasteiger partial charge is 0.307 e. The van der Waals surface area contributed by atoms with Gasteiger partial charge >= 0.3 is 35.8 Å². The van der Waals surface area contributed by atoms with Crippen molar-refractivity contribution in [3.05, 3.63) is 0 Å². The predicted octanol–water partition coefficient (Wildman–Crippen LogP) is 2.13. The van der Waals surface area contributed by atoms with Crippen LogP contribution < -0.4 is 31.9 Å². The number of rotatable bonds is 19. The van der Waals surface area contributed by atoms with Gasteiger partial charge in [-0.15, -0.1) is 0 Å². The second kappa shape index (κ2) is 27.6. The average molecular weight is 1140 g/mol. The lowest BCUT2D eigenvalue weighted by Crippen LogP contribution is -2.54. The Hall–Kier alpha value is -6.40. The van der Waals surface area contributed by atoms with E-state index in [1.54, 1.807) is 0 Å². The number of hydrogen-bond acceptors (Lipinski definition) is 13. The molecule has 0 bridgehead atoms. The Morgan fingerprint density at radius 3 is 0.790 bits per heavy atom. The summed E-state index contributed by atoms with van der Waals surface area (Å²) in [6.07, 6.45) is 6.82. The number of nitrogens with one attached hydrogen (secondary N) is 6. The summed E-state index contributed by atoms with van der Waals surface area (Å²) < 4.78 is 6.45. The van der Waals surface area contributed by atoms with E-state index in [-0.39, 0.29) is 62.4 Å². The van der Waals surface area contributed by atoms with E-state index in [4.69, 9.17) is 4.74 Å². The Balaban J connectivity index is 0.884. The highest BCUT2D eigenvalue weighted by Crippen LogP contribution is 2.43. The topological polar surface area (TPSA) is 408 Å². The van der Waals surface area contributed by atoms with Crippen molar-refractivity contribution in [1.29, 1.82) is 0 Å². The van der Waals surface area contributed by atoms with Crippen molar-refractivity contribution in [2.45, 2.75) is 191 Å². The number of carbonyl (C=O) groups is 12. The molecule has 25 heteroatoms. The molecule has 14 atom stereocenters. The third-order valence-corrected chi connectivity index (χ3v) is 19.3. The number of hydrogen-bond donors (Lipinski definition) is 12. The molecule has 0 aliphatic heterocycles. The van der Waals surface area contributed by atoms with Gasteiger partial charge in [-0.25, -0.2) is 0 Å². The summed E-state index contributed by atoms with van der Waals surface area (Å²) in [5, 5.41) is 77.5. The van der Waals surface area contributed by atoms with Crippen molar-refractivity contribution in [3.8, 4) is 0 Å². The molecule has 450 valence electrons.